The van der Waals surface area contributed by atoms with Crippen LogP contribution in [0.5, 0.6) is 0 Å². The average molecular weight is 223 g/mol. The van der Waals surface area contributed by atoms with Gasteiger partial charge in [-0.1, -0.05) is 26.7 Å². The molecule has 3 aliphatic rings. The number of nitrogens with one attached hydrogen (secondary N) is 1. The zero-order chi connectivity index (χ0) is 11.2. The summed E-state index contributed by atoms with van der Waals surface area (Å²) in [6, 6.07) is 0.620. The SMILES string of the molecule is CC1(C)CCC2OC3(CCCC3)CNC2C1. The van der Waals surface area contributed by atoms with Crippen LogP contribution in [-0.4, -0.2) is 24.3 Å². The molecule has 2 atom stereocenters. The van der Waals surface area contributed by atoms with Crippen LogP contribution in [-0.2, 0) is 4.74 Å². The van der Waals surface area contributed by atoms with Crippen LogP contribution in [0.1, 0.15) is 58.8 Å². The molecule has 1 aliphatic heterocycles. The van der Waals surface area contributed by atoms with Crippen molar-refractivity contribution in [2.75, 3.05) is 6.54 Å². The molecule has 3 rings (SSSR count). The lowest BCUT2D eigenvalue weighted by Gasteiger charge is -2.49. The van der Waals surface area contributed by atoms with E-state index in [1.807, 2.05) is 0 Å². The van der Waals surface area contributed by atoms with E-state index in [4.69, 9.17) is 4.74 Å². The van der Waals surface area contributed by atoms with Gasteiger partial charge >= 0.3 is 0 Å². The molecular weight excluding hydrogens is 198 g/mol. The molecule has 2 nitrogen and oxygen atoms in total. The molecule has 0 aromatic carbocycles. The third-order valence-corrected chi connectivity index (χ3v) is 4.93. The Hall–Kier alpha value is -0.0800. The van der Waals surface area contributed by atoms with Crippen molar-refractivity contribution in [2.24, 2.45) is 5.41 Å². The molecule has 0 amide bonds. The highest BCUT2D eigenvalue weighted by atomic mass is 16.5. The Morgan fingerprint density at radius 3 is 2.62 bits per heavy atom. The predicted octanol–water partition coefficient (Wildman–Crippen LogP) is 2.87. The van der Waals surface area contributed by atoms with Crippen molar-refractivity contribution in [3.05, 3.63) is 0 Å². The van der Waals surface area contributed by atoms with Crippen LogP contribution in [0.4, 0.5) is 0 Å². The first kappa shape index (κ1) is 11.0. The van der Waals surface area contributed by atoms with E-state index in [2.05, 4.69) is 19.2 Å². The maximum absolute atomic E-state index is 6.47. The third kappa shape index (κ3) is 1.91. The summed E-state index contributed by atoms with van der Waals surface area (Å²) in [5.41, 5.74) is 0.736. The second-order valence-corrected chi connectivity index (χ2v) is 6.94. The fourth-order valence-electron chi connectivity index (χ4n) is 3.90. The standard InChI is InChI=1S/C14H25NO/c1-13(2)8-5-12-11(9-13)15-10-14(16-12)6-3-4-7-14/h11-12,15H,3-10H2,1-2H3. The first-order valence-electron chi connectivity index (χ1n) is 7.00. The fraction of sp³-hybridized carbons (Fsp3) is 1.00. The topological polar surface area (TPSA) is 21.3 Å². The molecule has 2 saturated carbocycles. The smallest absolute Gasteiger partial charge is 0.0810 e. The van der Waals surface area contributed by atoms with Gasteiger partial charge < -0.3 is 10.1 Å². The summed E-state index contributed by atoms with van der Waals surface area (Å²) in [4.78, 5) is 0. The third-order valence-electron chi connectivity index (χ3n) is 4.93. The first-order chi connectivity index (χ1) is 7.59. The summed E-state index contributed by atoms with van der Waals surface area (Å²) in [5, 5.41) is 3.78. The number of hydrogen-bond donors (Lipinski definition) is 1. The molecule has 0 aromatic heterocycles. The summed E-state index contributed by atoms with van der Waals surface area (Å²) >= 11 is 0. The van der Waals surface area contributed by atoms with Crippen LogP contribution in [0, 0.1) is 5.41 Å². The molecule has 2 heteroatoms. The Bertz CT molecular complexity index is 268. The quantitative estimate of drug-likeness (QED) is 0.682. The van der Waals surface area contributed by atoms with E-state index in [-0.39, 0.29) is 5.60 Å². The van der Waals surface area contributed by atoms with E-state index in [0.29, 0.717) is 17.6 Å². The highest BCUT2D eigenvalue weighted by molar-refractivity contribution is 5.00. The second-order valence-electron chi connectivity index (χ2n) is 6.94. The number of ether oxygens (including phenoxy) is 1. The van der Waals surface area contributed by atoms with Gasteiger partial charge in [0.25, 0.3) is 0 Å². The minimum Gasteiger partial charge on any atom is -0.369 e. The molecule has 2 unspecified atom stereocenters. The van der Waals surface area contributed by atoms with Crippen LogP contribution in [0.3, 0.4) is 0 Å². The van der Waals surface area contributed by atoms with Gasteiger partial charge in [-0.2, -0.15) is 0 Å². The van der Waals surface area contributed by atoms with Gasteiger partial charge in [-0.15, -0.1) is 0 Å². The van der Waals surface area contributed by atoms with Crippen molar-refractivity contribution >= 4 is 0 Å². The molecule has 92 valence electrons. The Morgan fingerprint density at radius 1 is 1.12 bits per heavy atom. The second kappa shape index (κ2) is 3.71. The van der Waals surface area contributed by atoms with E-state index in [1.54, 1.807) is 0 Å². The molecule has 1 saturated heterocycles. The number of morpholine rings is 1. The lowest BCUT2D eigenvalue weighted by Crippen LogP contribution is -2.60. The van der Waals surface area contributed by atoms with Crippen LogP contribution in [0.15, 0.2) is 0 Å². The molecule has 1 N–H and O–H groups in total. The lowest BCUT2D eigenvalue weighted by molar-refractivity contribution is -0.152. The number of hydrogen-bond acceptors (Lipinski definition) is 2. The molecule has 0 bridgehead atoms. The van der Waals surface area contributed by atoms with E-state index < -0.39 is 0 Å². The van der Waals surface area contributed by atoms with Gasteiger partial charge in [-0.05, 0) is 37.5 Å². The van der Waals surface area contributed by atoms with Crippen LogP contribution in [0.25, 0.3) is 0 Å². The molecule has 16 heavy (non-hydrogen) atoms. The van der Waals surface area contributed by atoms with Gasteiger partial charge in [0.15, 0.2) is 0 Å². The zero-order valence-corrected chi connectivity index (χ0v) is 10.7. The summed E-state index contributed by atoms with van der Waals surface area (Å²) in [6.45, 7) is 5.89. The van der Waals surface area contributed by atoms with Gasteiger partial charge in [-0.25, -0.2) is 0 Å². The van der Waals surface area contributed by atoms with Crippen molar-refractivity contribution in [1.82, 2.24) is 5.32 Å². The molecular formula is C14H25NO. The molecule has 1 heterocycles. The molecule has 0 aromatic rings. The highest BCUT2D eigenvalue weighted by Crippen LogP contribution is 2.43. The lowest BCUT2D eigenvalue weighted by atomic mass is 9.73. The molecule has 2 aliphatic carbocycles. The van der Waals surface area contributed by atoms with Crippen LogP contribution >= 0.6 is 0 Å². The van der Waals surface area contributed by atoms with Gasteiger partial charge in [0.1, 0.15) is 0 Å². The highest BCUT2D eigenvalue weighted by Gasteiger charge is 2.46. The van der Waals surface area contributed by atoms with Crippen molar-refractivity contribution in [1.29, 1.82) is 0 Å². The largest absolute Gasteiger partial charge is 0.369 e. The van der Waals surface area contributed by atoms with Crippen LogP contribution < -0.4 is 5.32 Å². The number of fused-ring (bicyclic) bond motifs is 1. The summed E-state index contributed by atoms with van der Waals surface area (Å²) in [7, 11) is 0. The van der Waals surface area contributed by atoms with E-state index in [0.717, 1.165) is 6.54 Å². The van der Waals surface area contributed by atoms with Gasteiger partial charge in [0, 0.05) is 12.6 Å². The predicted molar refractivity (Wildman–Crippen MR) is 65.5 cm³/mol. The normalized spacial score (nSPS) is 40.9. The van der Waals surface area contributed by atoms with E-state index in [1.165, 1.54) is 44.9 Å². The van der Waals surface area contributed by atoms with Crippen molar-refractivity contribution in [3.8, 4) is 0 Å². The Kier molecular flexibility index (Phi) is 2.56. The maximum atomic E-state index is 6.47. The van der Waals surface area contributed by atoms with Crippen molar-refractivity contribution in [3.63, 3.8) is 0 Å². The van der Waals surface area contributed by atoms with Gasteiger partial charge in [-0.3, -0.25) is 0 Å². The summed E-state index contributed by atoms with van der Waals surface area (Å²) < 4.78 is 6.47. The minimum atomic E-state index is 0.225. The Morgan fingerprint density at radius 2 is 1.88 bits per heavy atom. The fourth-order valence-corrected chi connectivity index (χ4v) is 3.90. The molecule has 0 radical (unpaired) electrons. The van der Waals surface area contributed by atoms with Crippen molar-refractivity contribution in [2.45, 2.75) is 76.5 Å². The number of rotatable bonds is 0. The summed E-state index contributed by atoms with van der Waals surface area (Å²) in [6.07, 6.45) is 9.67. The monoisotopic (exact) mass is 223 g/mol. The van der Waals surface area contributed by atoms with Crippen molar-refractivity contribution < 1.29 is 4.74 Å². The first-order valence-corrected chi connectivity index (χ1v) is 7.00. The minimum absolute atomic E-state index is 0.225. The zero-order valence-electron chi connectivity index (χ0n) is 10.7. The van der Waals surface area contributed by atoms with Gasteiger partial charge in [0.05, 0.1) is 11.7 Å². The average Bonchev–Trinajstić information content (AvgIpc) is 2.67. The van der Waals surface area contributed by atoms with Gasteiger partial charge in [0.2, 0.25) is 0 Å². The Balaban J connectivity index is 1.68. The maximum Gasteiger partial charge on any atom is 0.0810 e. The van der Waals surface area contributed by atoms with Crippen LogP contribution in [0.2, 0.25) is 0 Å². The molecule has 3 fully saturated rings. The summed E-state index contributed by atoms with van der Waals surface area (Å²) in [5.74, 6) is 0. The Labute approximate surface area is 99.1 Å². The molecule has 1 spiro atoms. The van der Waals surface area contributed by atoms with E-state index in [9.17, 15) is 0 Å². The van der Waals surface area contributed by atoms with E-state index >= 15 is 0 Å².